The summed E-state index contributed by atoms with van der Waals surface area (Å²) in [5.41, 5.74) is -1.11. The van der Waals surface area contributed by atoms with Gasteiger partial charge < -0.3 is 10.4 Å². The molecule has 0 bridgehead atoms. The Balaban J connectivity index is 2.61. The summed E-state index contributed by atoms with van der Waals surface area (Å²) < 4.78 is 27.5. The van der Waals surface area contributed by atoms with E-state index < -0.39 is 21.5 Å². The molecule has 1 atom stereocenters. The van der Waals surface area contributed by atoms with Crippen LogP contribution >= 0.6 is 11.6 Å². The molecule has 1 fully saturated rings. The van der Waals surface area contributed by atoms with Crippen LogP contribution in [-0.2, 0) is 14.8 Å². The fourth-order valence-electron chi connectivity index (χ4n) is 3.08. The third kappa shape index (κ3) is 3.38. The molecule has 0 aliphatic carbocycles. The number of carboxylic acid groups (broad SMARTS) is 1. The molecule has 0 saturated carbocycles. The minimum Gasteiger partial charge on any atom is -0.478 e. The molecule has 1 aromatic carbocycles. The largest absolute Gasteiger partial charge is 0.478 e. The summed E-state index contributed by atoms with van der Waals surface area (Å²) in [6, 6.07) is 2.33. The van der Waals surface area contributed by atoms with E-state index >= 15 is 0 Å². The Hall–Kier alpha value is -1.64. The summed E-state index contributed by atoms with van der Waals surface area (Å²) in [5.74, 6) is -1.62. The number of hydrogen-bond donors (Lipinski definition) is 2. The number of sulfonamides is 1. The number of benzene rings is 1. The number of amides is 1. The van der Waals surface area contributed by atoms with Crippen molar-refractivity contribution in [3.05, 3.63) is 28.3 Å². The van der Waals surface area contributed by atoms with Gasteiger partial charge in [0, 0.05) is 18.1 Å². The van der Waals surface area contributed by atoms with Crippen molar-refractivity contribution in [1.29, 1.82) is 0 Å². The van der Waals surface area contributed by atoms with Gasteiger partial charge in [0.05, 0.1) is 10.5 Å². The Morgan fingerprint density at radius 2 is 2.08 bits per heavy atom. The van der Waals surface area contributed by atoms with Crippen LogP contribution in [0.1, 0.15) is 42.6 Å². The maximum Gasteiger partial charge on any atom is 0.336 e. The van der Waals surface area contributed by atoms with E-state index in [9.17, 15) is 23.1 Å². The molecular formula is C16H21ClN2O5S. The topological polar surface area (TPSA) is 104 Å². The normalized spacial score (nSPS) is 21.8. The van der Waals surface area contributed by atoms with Gasteiger partial charge in [-0.1, -0.05) is 24.9 Å². The minimum atomic E-state index is -4.10. The highest BCUT2D eigenvalue weighted by Crippen LogP contribution is 2.33. The quantitative estimate of drug-likeness (QED) is 0.803. The van der Waals surface area contributed by atoms with Crippen LogP contribution in [0, 0.1) is 6.92 Å². The predicted octanol–water partition coefficient (Wildman–Crippen LogP) is 2.03. The molecule has 1 heterocycles. The Labute approximate surface area is 152 Å². The number of carbonyl (C=O) groups is 2. The lowest BCUT2D eigenvalue weighted by atomic mass is 9.93. The molecule has 1 amide bonds. The van der Waals surface area contributed by atoms with Crippen LogP contribution in [0.15, 0.2) is 17.0 Å². The van der Waals surface area contributed by atoms with Crippen LogP contribution in [0.4, 0.5) is 0 Å². The average Bonchev–Trinajstić information content (AvgIpc) is 2.52. The van der Waals surface area contributed by atoms with Gasteiger partial charge in [-0.15, -0.1) is 0 Å². The van der Waals surface area contributed by atoms with E-state index in [0.29, 0.717) is 18.4 Å². The monoisotopic (exact) mass is 388 g/mol. The van der Waals surface area contributed by atoms with Crippen LogP contribution < -0.4 is 5.32 Å². The molecule has 9 heteroatoms. The van der Waals surface area contributed by atoms with E-state index in [1.807, 2.05) is 6.92 Å². The third-order valence-electron chi connectivity index (χ3n) is 4.51. The standard InChI is InChI=1S/C16H21ClN2O5S/c1-4-5-16(3)15(22)18-6-7-19(16)25(23,24)11-8-12(14(20)21)10(2)13(17)9-11/h8-9H,4-7H2,1-3H3,(H,18,22)(H,20,21). The molecule has 7 nitrogen and oxygen atoms in total. The lowest BCUT2D eigenvalue weighted by Gasteiger charge is -2.42. The molecule has 2 N–H and O–H groups in total. The SMILES string of the molecule is CCCC1(C)C(=O)NCCN1S(=O)(=O)c1cc(Cl)c(C)c(C(=O)O)c1. The van der Waals surface area contributed by atoms with Crippen molar-refractivity contribution < 1.29 is 23.1 Å². The van der Waals surface area contributed by atoms with E-state index in [1.165, 1.54) is 13.0 Å². The minimum absolute atomic E-state index is 0.0529. The molecule has 138 valence electrons. The molecule has 0 aromatic heterocycles. The lowest BCUT2D eigenvalue weighted by Crippen LogP contribution is -2.64. The number of nitrogens with zero attached hydrogens (tertiary/aromatic N) is 1. The Bertz CT molecular complexity index is 824. The van der Waals surface area contributed by atoms with E-state index in [0.717, 1.165) is 10.4 Å². The van der Waals surface area contributed by atoms with Crippen LogP contribution in [0.25, 0.3) is 0 Å². The summed E-state index contributed by atoms with van der Waals surface area (Å²) in [6.07, 6.45) is 0.967. The first kappa shape index (κ1) is 19.7. The highest BCUT2D eigenvalue weighted by Gasteiger charge is 2.47. The van der Waals surface area contributed by atoms with Crippen molar-refractivity contribution in [2.45, 2.75) is 44.0 Å². The zero-order valence-electron chi connectivity index (χ0n) is 14.3. The van der Waals surface area contributed by atoms with Crippen LogP contribution in [0.5, 0.6) is 0 Å². The van der Waals surface area contributed by atoms with Gasteiger partial charge in [-0.3, -0.25) is 4.79 Å². The number of halogens is 1. The van der Waals surface area contributed by atoms with Gasteiger partial charge in [-0.05, 0) is 38.0 Å². The van der Waals surface area contributed by atoms with Crippen molar-refractivity contribution >= 4 is 33.5 Å². The number of piperazine rings is 1. The van der Waals surface area contributed by atoms with Crippen LogP contribution in [0.3, 0.4) is 0 Å². The third-order valence-corrected chi connectivity index (χ3v) is 6.90. The van der Waals surface area contributed by atoms with Gasteiger partial charge in [-0.25, -0.2) is 13.2 Å². The number of hydrogen-bond acceptors (Lipinski definition) is 4. The van der Waals surface area contributed by atoms with Gasteiger partial charge in [0.1, 0.15) is 5.54 Å². The van der Waals surface area contributed by atoms with Crippen molar-refractivity contribution in [3.8, 4) is 0 Å². The number of carboxylic acids is 1. The second kappa shape index (κ2) is 6.93. The number of nitrogens with one attached hydrogen (secondary N) is 1. The van der Waals surface area contributed by atoms with E-state index in [-0.39, 0.29) is 34.5 Å². The summed E-state index contributed by atoms with van der Waals surface area (Å²) in [7, 11) is -4.10. The second-order valence-electron chi connectivity index (χ2n) is 6.24. The first-order valence-corrected chi connectivity index (χ1v) is 9.72. The summed E-state index contributed by atoms with van der Waals surface area (Å²) in [4.78, 5) is 23.5. The molecule has 1 unspecified atom stereocenters. The van der Waals surface area contributed by atoms with Gasteiger partial charge >= 0.3 is 5.97 Å². The molecule has 0 radical (unpaired) electrons. The van der Waals surface area contributed by atoms with Gasteiger partial charge in [0.15, 0.2) is 0 Å². The zero-order valence-corrected chi connectivity index (χ0v) is 15.9. The molecule has 1 aliphatic heterocycles. The zero-order chi connectivity index (χ0) is 19.0. The van der Waals surface area contributed by atoms with E-state index in [4.69, 9.17) is 11.6 Å². The first-order chi connectivity index (χ1) is 11.6. The lowest BCUT2D eigenvalue weighted by molar-refractivity contribution is -0.132. The van der Waals surface area contributed by atoms with Gasteiger partial charge in [0.25, 0.3) is 0 Å². The maximum atomic E-state index is 13.2. The summed E-state index contributed by atoms with van der Waals surface area (Å²) in [6.45, 7) is 5.26. The fourth-order valence-corrected chi connectivity index (χ4v) is 5.19. The molecular weight excluding hydrogens is 368 g/mol. The maximum absolute atomic E-state index is 13.2. The number of aromatic carboxylic acids is 1. The molecule has 0 spiro atoms. The van der Waals surface area contributed by atoms with Crippen LogP contribution in [-0.4, -0.2) is 48.3 Å². The van der Waals surface area contributed by atoms with Crippen LogP contribution in [0.2, 0.25) is 5.02 Å². The molecule has 1 aliphatic rings. The van der Waals surface area contributed by atoms with Gasteiger partial charge in [0.2, 0.25) is 15.9 Å². The fraction of sp³-hybridized carbons (Fsp3) is 0.500. The van der Waals surface area contributed by atoms with Crippen molar-refractivity contribution in [3.63, 3.8) is 0 Å². The van der Waals surface area contributed by atoms with Gasteiger partial charge in [-0.2, -0.15) is 4.31 Å². The first-order valence-electron chi connectivity index (χ1n) is 7.90. The van der Waals surface area contributed by atoms with Crippen molar-refractivity contribution in [2.75, 3.05) is 13.1 Å². The predicted molar refractivity (Wildman–Crippen MR) is 93.4 cm³/mol. The highest BCUT2D eigenvalue weighted by molar-refractivity contribution is 7.89. The van der Waals surface area contributed by atoms with Crippen molar-refractivity contribution in [2.24, 2.45) is 0 Å². The Kier molecular flexibility index (Phi) is 5.46. The highest BCUT2D eigenvalue weighted by atomic mass is 35.5. The molecule has 1 aromatic rings. The summed E-state index contributed by atoms with van der Waals surface area (Å²) >= 11 is 6.04. The van der Waals surface area contributed by atoms with E-state index in [1.54, 1.807) is 6.92 Å². The van der Waals surface area contributed by atoms with Crippen molar-refractivity contribution in [1.82, 2.24) is 9.62 Å². The summed E-state index contributed by atoms with van der Waals surface area (Å²) in [5, 5.41) is 12.0. The number of rotatable bonds is 5. The Morgan fingerprint density at radius 3 is 2.64 bits per heavy atom. The average molecular weight is 389 g/mol. The van der Waals surface area contributed by atoms with E-state index in [2.05, 4.69) is 5.32 Å². The number of carbonyl (C=O) groups excluding carboxylic acids is 1. The molecule has 25 heavy (non-hydrogen) atoms. The second-order valence-corrected chi connectivity index (χ2v) is 8.51. The molecule has 2 rings (SSSR count). The Morgan fingerprint density at radius 1 is 1.44 bits per heavy atom. The smallest absolute Gasteiger partial charge is 0.336 e. The molecule has 1 saturated heterocycles.